The minimum Gasteiger partial charge on any atom is -0.357 e. The van der Waals surface area contributed by atoms with E-state index in [2.05, 4.69) is 19.9 Å². The molecule has 0 aliphatic carbocycles. The number of carbonyl (C=O) groups excluding carboxylic acids is 1. The van der Waals surface area contributed by atoms with Gasteiger partial charge < -0.3 is 10.2 Å². The molecule has 0 bridgehead atoms. The number of hydrogen-bond donors (Lipinski definition) is 2. The van der Waals surface area contributed by atoms with Crippen LogP contribution in [0.3, 0.4) is 0 Å². The van der Waals surface area contributed by atoms with Gasteiger partial charge in [0.2, 0.25) is 5.91 Å². The molecule has 0 unspecified atom stereocenters. The molecule has 0 saturated heterocycles. The summed E-state index contributed by atoms with van der Waals surface area (Å²) in [5, 5.41) is 2.59. The highest BCUT2D eigenvalue weighted by Crippen LogP contribution is 2.19. The van der Waals surface area contributed by atoms with E-state index in [0.717, 1.165) is 18.9 Å². The lowest BCUT2D eigenvalue weighted by Crippen LogP contribution is -2.22. The number of aromatic nitrogens is 1. The number of amides is 1. The van der Waals surface area contributed by atoms with Crippen molar-refractivity contribution in [3.63, 3.8) is 0 Å². The molecule has 7 nitrogen and oxygen atoms in total. The zero-order valence-electron chi connectivity index (χ0n) is 14.5. The lowest BCUT2D eigenvalue weighted by atomic mass is 10.3. The van der Waals surface area contributed by atoms with Crippen molar-refractivity contribution < 1.29 is 13.2 Å². The first-order valence-electron chi connectivity index (χ1n) is 7.97. The Labute approximate surface area is 148 Å². The van der Waals surface area contributed by atoms with Crippen LogP contribution in [-0.4, -0.2) is 32.4 Å². The maximum atomic E-state index is 12.4. The van der Waals surface area contributed by atoms with Crippen LogP contribution < -0.4 is 14.9 Å². The van der Waals surface area contributed by atoms with E-state index in [9.17, 15) is 13.2 Å². The van der Waals surface area contributed by atoms with E-state index >= 15 is 0 Å². The summed E-state index contributed by atoms with van der Waals surface area (Å²) < 4.78 is 27.4. The number of rotatable bonds is 7. The molecule has 0 radical (unpaired) electrons. The minimum absolute atomic E-state index is 0.106. The number of carbonyl (C=O) groups is 1. The zero-order chi connectivity index (χ0) is 18.4. The van der Waals surface area contributed by atoms with Crippen molar-refractivity contribution in [3.8, 4) is 0 Å². The molecule has 2 N–H and O–H groups in total. The van der Waals surface area contributed by atoms with Gasteiger partial charge in [-0.3, -0.25) is 9.52 Å². The monoisotopic (exact) mass is 362 g/mol. The average molecular weight is 362 g/mol. The van der Waals surface area contributed by atoms with Crippen LogP contribution in [0.25, 0.3) is 0 Å². The third-order valence-electron chi connectivity index (χ3n) is 3.57. The van der Waals surface area contributed by atoms with Crippen LogP contribution in [0.1, 0.15) is 20.8 Å². The summed E-state index contributed by atoms with van der Waals surface area (Å²) in [6, 6.07) is 9.42. The topological polar surface area (TPSA) is 91.4 Å². The molecule has 0 atom stereocenters. The quantitative estimate of drug-likeness (QED) is 0.790. The average Bonchev–Trinajstić information content (AvgIpc) is 2.57. The second-order valence-corrected chi connectivity index (χ2v) is 7.07. The Bertz CT molecular complexity index is 814. The van der Waals surface area contributed by atoms with Gasteiger partial charge in [0, 0.05) is 25.7 Å². The van der Waals surface area contributed by atoms with E-state index in [1.807, 2.05) is 13.8 Å². The van der Waals surface area contributed by atoms with Gasteiger partial charge in [0.05, 0.1) is 16.8 Å². The summed E-state index contributed by atoms with van der Waals surface area (Å²) in [6.45, 7) is 7.12. The second-order valence-electron chi connectivity index (χ2n) is 5.39. The molecule has 1 aromatic heterocycles. The molecule has 134 valence electrons. The molecular formula is C17H22N4O3S. The first-order valence-corrected chi connectivity index (χ1v) is 9.45. The van der Waals surface area contributed by atoms with Crippen LogP contribution in [0.4, 0.5) is 17.2 Å². The number of benzene rings is 1. The minimum atomic E-state index is -3.72. The van der Waals surface area contributed by atoms with Crippen LogP contribution in [0.5, 0.6) is 0 Å². The van der Waals surface area contributed by atoms with Crippen LogP contribution in [0.15, 0.2) is 47.5 Å². The standard InChI is InChI=1S/C17H22N4O3S/c1-4-21(5-2)17-11-8-15(12-18-17)20-25(23,24)16-9-6-14(7-10-16)19-13(3)22/h6-12,20H,4-5H2,1-3H3,(H,19,22). The normalized spacial score (nSPS) is 11.0. The van der Waals surface area contributed by atoms with Gasteiger partial charge in [0.15, 0.2) is 0 Å². The van der Waals surface area contributed by atoms with Crippen molar-refractivity contribution in [3.05, 3.63) is 42.6 Å². The molecule has 25 heavy (non-hydrogen) atoms. The van der Waals surface area contributed by atoms with Crippen molar-refractivity contribution in [2.45, 2.75) is 25.7 Å². The fourth-order valence-electron chi connectivity index (χ4n) is 2.32. The Morgan fingerprint density at radius 3 is 2.12 bits per heavy atom. The lowest BCUT2D eigenvalue weighted by molar-refractivity contribution is -0.114. The van der Waals surface area contributed by atoms with Gasteiger partial charge in [-0.25, -0.2) is 13.4 Å². The third-order valence-corrected chi connectivity index (χ3v) is 4.97. The largest absolute Gasteiger partial charge is 0.357 e. The second kappa shape index (κ2) is 7.98. The number of nitrogens with one attached hydrogen (secondary N) is 2. The molecular weight excluding hydrogens is 340 g/mol. The predicted molar refractivity (Wildman–Crippen MR) is 99.4 cm³/mol. The van der Waals surface area contributed by atoms with Crippen molar-refractivity contribution in [1.29, 1.82) is 0 Å². The lowest BCUT2D eigenvalue weighted by Gasteiger charge is -2.19. The van der Waals surface area contributed by atoms with Crippen LogP contribution >= 0.6 is 0 Å². The van der Waals surface area contributed by atoms with Crippen molar-refractivity contribution in [2.75, 3.05) is 28.0 Å². The Balaban J connectivity index is 2.14. The van der Waals surface area contributed by atoms with Gasteiger partial charge in [0.1, 0.15) is 5.82 Å². The van der Waals surface area contributed by atoms with E-state index < -0.39 is 10.0 Å². The Kier molecular flexibility index (Phi) is 5.97. The highest BCUT2D eigenvalue weighted by molar-refractivity contribution is 7.92. The SMILES string of the molecule is CCN(CC)c1ccc(NS(=O)(=O)c2ccc(NC(C)=O)cc2)cn1. The Morgan fingerprint density at radius 1 is 1.04 bits per heavy atom. The molecule has 2 rings (SSSR count). The third kappa shape index (κ3) is 4.93. The molecule has 0 fully saturated rings. The summed E-state index contributed by atoms with van der Waals surface area (Å²) in [7, 11) is -3.72. The smallest absolute Gasteiger partial charge is 0.261 e. The molecule has 1 heterocycles. The van der Waals surface area contributed by atoms with E-state index in [0.29, 0.717) is 11.4 Å². The molecule has 2 aromatic rings. The number of hydrogen-bond acceptors (Lipinski definition) is 5. The van der Waals surface area contributed by atoms with Gasteiger partial charge >= 0.3 is 0 Å². The fraction of sp³-hybridized carbons (Fsp3) is 0.294. The van der Waals surface area contributed by atoms with Crippen LogP contribution in [0, 0.1) is 0 Å². The molecule has 1 amide bonds. The van der Waals surface area contributed by atoms with Gasteiger partial charge in [-0.05, 0) is 50.2 Å². The number of pyridine rings is 1. The summed E-state index contributed by atoms with van der Waals surface area (Å²) >= 11 is 0. The molecule has 0 spiro atoms. The first-order chi connectivity index (χ1) is 11.9. The summed E-state index contributed by atoms with van der Waals surface area (Å²) in [5.74, 6) is 0.584. The molecule has 0 saturated carbocycles. The van der Waals surface area contributed by atoms with Crippen LogP contribution in [0.2, 0.25) is 0 Å². The highest BCUT2D eigenvalue weighted by Gasteiger charge is 2.14. The maximum absolute atomic E-state index is 12.4. The summed E-state index contributed by atoms with van der Waals surface area (Å²) in [5.41, 5.74) is 0.929. The maximum Gasteiger partial charge on any atom is 0.261 e. The van der Waals surface area contributed by atoms with E-state index in [-0.39, 0.29) is 10.8 Å². The van der Waals surface area contributed by atoms with Crippen molar-refractivity contribution in [1.82, 2.24) is 4.98 Å². The molecule has 0 aliphatic rings. The Morgan fingerprint density at radius 2 is 1.64 bits per heavy atom. The number of anilines is 3. The van der Waals surface area contributed by atoms with E-state index in [4.69, 9.17) is 0 Å². The van der Waals surface area contributed by atoms with Crippen molar-refractivity contribution >= 4 is 33.1 Å². The highest BCUT2D eigenvalue weighted by atomic mass is 32.2. The van der Waals surface area contributed by atoms with Gasteiger partial charge in [-0.1, -0.05) is 0 Å². The summed E-state index contributed by atoms with van der Waals surface area (Å²) in [4.78, 5) is 17.5. The van der Waals surface area contributed by atoms with E-state index in [1.165, 1.54) is 37.4 Å². The summed E-state index contributed by atoms with van der Waals surface area (Å²) in [6.07, 6.45) is 1.50. The molecule has 1 aromatic carbocycles. The van der Waals surface area contributed by atoms with Gasteiger partial charge in [0.25, 0.3) is 10.0 Å². The first kappa shape index (κ1) is 18.7. The van der Waals surface area contributed by atoms with Crippen LogP contribution in [-0.2, 0) is 14.8 Å². The number of nitrogens with zero attached hydrogens (tertiary/aromatic N) is 2. The van der Waals surface area contributed by atoms with Gasteiger partial charge in [-0.15, -0.1) is 0 Å². The van der Waals surface area contributed by atoms with Crippen molar-refractivity contribution in [2.24, 2.45) is 0 Å². The zero-order valence-corrected chi connectivity index (χ0v) is 15.3. The van der Waals surface area contributed by atoms with Gasteiger partial charge in [-0.2, -0.15) is 0 Å². The predicted octanol–water partition coefficient (Wildman–Crippen LogP) is 2.69. The van der Waals surface area contributed by atoms with E-state index in [1.54, 1.807) is 12.1 Å². The fourth-order valence-corrected chi connectivity index (χ4v) is 3.36. The Hall–Kier alpha value is -2.61. The molecule has 8 heteroatoms. The molecule has 0 aliphatic heterocycles. The number of sulfonamides is 1.